The normalized spacial score (nSPS) is 12.5. The summed E-state index contributed by atoms with van der Waals surface area (Å²) in [6, 6.07) is 2.28. The average Bonchev–Trinajstić information content (AvgIpc) is 2.03. The summed E-state index contributed by atoms with van der Waals surface area (Å²) in [6.07, 6.45) is 4.85. The van der Waals surface area contributed by atoms with Crippen molar-refractivity contribution in [3.8, 4) is 6.07 Å². The maximum Gasteiger partial charge on any atom is 0.0655 e. The Morgan fingerprint density at radius 1 is 1.36 bits per heavy atom. The van der Waals surface area contributed by atoms with Crippen LogP contribution in [0, 0.1) is 17.2 Å². The van der Waals surface area contributed by atoms with Crippen LogP contribution >= 0.6 is 0 Å². The lowest BCUT2D eigenvalue weighted by atomic mass is 9.99. The van der Waals surface area contributed by atoms with Crippen LogP contribution in [0.25, 0.3) is 0 Å². The van der Waals surface area contributed by atoms with Crippen LogP contribution in [0.15, 0.2) is 0 Å². The van der Waals surface area contributed by atoms with Gasteiger partial charge in [-0.15, -0.1) is 0 Å². The maximum absolute atomic E-state index is 8.64. The number of aliphatic hydroxyl groups excluding tert-OH is 1. The Balaban J connectivity index is 3.30. The maximum atomic E-state index is 8.64. The predicted octanol–water partition coefficient (Wildman–Crippen LogP) is 2.09. The minimum Gasteiger partial charge on any atom is -0.396 e. The number of nitriles is 1. The van der Waals surface area contributed by atoms with Crippen molar-refractivity contribution >= 4 is 0 Å². The molecule has 11 heavy (non-hydrogen) atoms. The van der Waals surface area contributed by atoms with Crippen LogP contribution in [0.2, 0.25) is 0 Å². The molecule has 0 aliphatic carbocycles. The Labute approximate surface area is 68.8 Å². The highest BCUT2D eigenvalue weighted by molar-refractivity contribution is 4.81. The lowest BCUT2D eigenvalue weighted by Gasteiger charge is -2.05. The van der Waals surface area contributed by atoms with Gasteiger partial charge in [-0.1, -0.05) is 13.3 Å². The fourth-order valence-corrected chi connectivity index (χ4v) is 1.12. The number of unbranched alkanes of at least 4 members (excludes halogenated alkanes) is 1. The van der Waals surface area contributed by atoms with Crippen LogP contribution in [-0.2, 0) is 0 Å². The molecule has 0 spiro atoms. The molecule has 1 unspecified atom stereocenters. The zero-order valence-corrected chi connectivity index (χ0v) is 7.21. The molecule has 1 atom stereocenters. The van der Waals surface area contributed by atoms with E-state index in [-0.39, 0.29) is 12.5 Å². The summed E-state index contributed by atoms with van der Waals surface area (Å²) >= 11 is 0. The molecular formula is C9H17NO. The van der Waals surface area contributed by atoms with Crippen molar-refractivity contribution in [3.63, 3.8) is 0 Å². The van der Waals surface area contributed by atoms with Gasteiger partial charge in [-0.2, -0.15) is 5.26 Å². The minimum absolute atomic E-state index is 0.214. The van der Waals surface area contributed by atoms with Gasteiger partial charge in [-0.25, -0.2) is 0 Å². The van der Waals surface area contributed by atoms with Gasteiger partial charge in [-0.05, 0) is 25.7 Å². The number of hydrogen-bond acceptors (Lipinski definition) is 2. The molecule has 0 saturated heterocycles. The summed E-state index contributed by atoms with van der Waals surface area (Å²) in [7, 11) is 0. The van der Waals surface area contributed by atoms with Crippen molar-refractivity contribution in [3.05, 3.63) is 0 Å². The Morgan fingerprint density at radius 2 is 2.09 bits per heavy atom. The van der Waals surface area contributed by atoms with Crippen molar-refractivity contribution in [2.45, 2.75) is 39.0 Å². The number of aliphatic hydroxyl groups is 1. The van der Waals surface area contributed by atoms with E-state index in [1.54, 1.807) is 0 Å². The first kappa shape index (κ1) is 10.4. The van der Waals surface area contributed by atoms with Crippen LogP contribution in [0.1, 0.15) is 39.0 Å². The van der Waals surface area contributed by atoms with Gasteiger partial charge in [0.2, 0.25) is 0 Å². The summed E-state index contributed by atoms with van der Waals surface area (Å²) in [5, 5.41) is 17.1. The van der Waals surface area contributed by atoms with E-state index in [4.69, 9.17) is 10.4 Å². The molecule has 64 valence electrons. The van der Waals surface area contributed by atoms with E-state index in [2.05, 4.69) is 13.0 Å². The zero-order valence-electron chi connectivity index (χ0n) is 7.21. The number of hydrogen-bond donors (Lipinski definition) is 1. The highest BCUT2D eigenvalue weighted by Gasteiger charge is 2.04. The third kappa shape index (κ3) is 5.87. The van der Waals surface area contributed by atoms with Gasteiger partial charge in [0.25, 0.3) is 0 Å². The van der Waals surface area contributed by atoms with Gasteiger partial charge in [0.15, 0.2) is 0 Å². The smallest absolute Gasteiger partial charge is 0.0655 e. The molecule has 0 saturated carbocycles. The lowest BCUT2D eigenvalue weighted by molar-refractivity contribution is 0.280. The summed E-state index contributed by atoms with van der Waals surface area (Å²) in [5.41, 5.74) is 0. The van der Waals surface area contributed by atoms with Gasteiger partial charge in [0.1, 0.15) is 0 Å². The van der Waals surface area contributed by atoms with E-state index in [0.29, 0.717) is 0 Å². The molecule has 2 heteroatoms. The molecule has 0 heterocycles. The van der Waals surface area contributed by atoms with Gasteiger partial charge in [0.05, 0.1) is 6.07 Å². The van der Waals surface area contributed by atoms with Gasteiger partial charge in [0, 0.05) is 12.5 Å². The summed E-state index contributed by atoms with van der Waals surface area (Å²) in [6.45, 7) is 2.35. The topological polar surface area (TPSA) is 44.0 Å². The second-order valence-electron chi connectivity index (χ2n) is 2.83. The Kier molecular flexibility index (Phi) is 7.18. The van der Waals surface area contributed by atoms with Gasteiger partial charge >= 0.3 is 0 Å². The third-order valence-corrected chi connectivity index (χ3v) is 1.78. The molecule has 1 N–H and O–H groups in total. The molecule has 0 aromatic carbocycles. The molecule has 0 aromatic rings. The molecule has 0 radical (unpaired) electrons. The average molecular weight is 155 g/mol. The van der Waals surface area contributed by atoms with E-state index in [1.165, 1.54) is 0 Å². The Morgan fingerprint density at radius 3 is 2.55 bits per heavy atom. The highest BCUT2D eigenvalue weighted by atomic mass is 16.2. The number of nitrogens with zero attached hydrogens (tertiary/aromatic N) is 1. The minimum atomic E-state index is 0.214. The monoisotopic (exact) mass is 155 g/mol. The fraction of sp³-hybridized carbons (Fsp3) is 0.889. The zero-order chi connectivity index (χ0) is 8.53. The molecule has 0 aromatic heterocycles. The summed E-state index contributed by atoms with van der Waals surface area (Å²) in [5.74, 6) is 0.214. The molecule has 2 nitrogen and oxygen atoms in total. The first-order valence-corrected chi connectivity index (χ1v) is 4.35. The largest absolute Gasteiger partial charge is 0.396 e. The van der Waals surface area contributed by atoms with E-state index in [0.717, 1.165) is 32.1 Å². The molecular weight excluding hydrogens is 138 g/mol. The van der Waals surface area contributed by atoms with E-state index in [1.807, 2.05) is 0 Å². The molecule has 0 fully saturated rings. The lowest BCUT2D eigenvalue weighted by Crippen LogP contribution is -1.96. The van der Waals surface area contributed by atoms with E-state index < -0.39 is 0 Å². The van der Waals surface area contributed by atoms with E-state index in [9.17, 15) is 0 Å². The molecule has 0 rings (SSSR count). The van der Waals surface area contributed by atoms with Crippen LogP contribution in [0.4, 0.5) is 0 Å². The van der Waals surface area contributed by atoms with E-state index >= 15 is 0 Å². The second-order valence-corrected chi connectivity index (χ2v) is 2.83. The van der Waals surface area contributed by atoms with Crippen molar-refractivity contribution in [2.24, 2.45) is 5.92 Å². The van der Waals surface area contributed by atoms with Crippen LogP contribution < -0.4 is 0 Å². The van der Waals surface area contributed by atoms with Gasteiger partial charge in [-0.3, -0.25) is 0 Å². The summed E-state index contributed by atoms with van der Waals surface area (Å²) < 4.78 is 0. The molecule has 0 aliphatic heterocycles. The molecule has 0 aliphatic rings. The van der Waals surface area contributed by atoms with Gasteiger partial charge < -0.3 is 5.11 Å². The van der Waals surface area contributed by atoms with Crippen molar-refractivity contribution < 1.29 is 5.11 Å². The predicted molar refractivity (Wildman–Crippen MR) is 44.9 cm³/mol. The molecule has 0 amide bonds. The Bertz CT molecular complexity index is 117. The Hall–Kier alpha value is -0.550. The van der Waals surface area contributed by atoms with Crippen LogP contribution in [-0.4, -0.2) is 11.7 Å². The first-order chi connectivity index (χ1) is 5.35. The standard InChI is InChI=1S/C9H17NO/c1-2-5-9(8-10)6-3-4-7-11/h9,11H,2-7H2,1H3. The summed E-state index contributed by atoms with van der Waals surface area (Å²) in [4.78, 5) is 0. The first-order valence-electron chi connectivity index (χ1n) is 4.35. The molecule has 0 bridgehead atoms. The van der Waals surface area contributed by atoms with Crippen LogP contribution in [0.5, 0.6) is 0 Å². The van der Waals surface area contributed by atoms with Crippen molar-refractivity contribution in [1.29, 1.82) is 5.26 Å². The quantitative estimate of drug-likeness (QED) is 0.597. The second kappa shape index (κ2) is 7.56. The fourth-order valence-electron chi connectivity index (χ4n) is 1.12. The third-order valence-electron chi connectivity index (χ3n) is 1.78. The SMILES string of the molecule is CCCC(C#N)CCCCO. The van der Waals surface area contributed by atoms with Crippen LogP contribution in [0.3, 0.4) is 0 Å². The van der Waals surface area contributed by atoms with Crippen molar-refractivity contribution in [1.82, 2.24) is 0 Å². The van der Waals surface area contributed by atoms with Crippen molar-refractivity contribution in [2.75, 3.05) is 6.61 Å². The highest BCUT2D eigenvalue weighted by Crippen LogP contribution is 2.12. The number of rotatable bonds is 6.